The summed E-state index contributed by atoms with van der Waals surface area (Å²) in [7, 11) is 3.93. The molecule has 0 bridgehead atoms. The van der Waals surface area contributed by atoms with Crippen molar-refractivity contribution < 1.29 is 4.79 Å². The first-order chi connectivity index (χ1) is 14.7. The average Bonchev–Trinajstić information content (AvgIpc) is 3.22. The third-order valence-corrected chi connectivity index (χ3v) is 5.41. The standard InChI is InChI=1S/C24H33N5O/c1-25-24(26-16-6-7-17-28(2)21-9-4-3-5-10-21)27-19-20-12-14-22(15-13-20)29-18-8-11-23(29)30/h3-5,9-10,12-15H,6-8,11,16-19H2,1-2H3,(H2,25,26,27). The topological polar surface area (TPSA) is 60.0 Å². The van der Waals surface area contributed by atoms with E-state index in [-0.39, 0.29) is 5.91 Å². The van der Waals surface area contributed by atoms with E-state index in [9.17, 15) is 4.79 Å². The molecule has 30 heavy (non-hydrogen) atoms. The van der Waals surface area contributed by atoms with Crippen LogP contribution in [0.15, 0.2) is 59.6 Å². The SMILES string of the molecule is CN=C(NCCCCN(C)c1ccccc1)NCc1ccc(N2CCCC2=O)cc1. The molecule has 1 heterocycles. The Morgan fingerprint density at radius 3 is 2.50 bits per heavy atom. The zero-order chi connectivity index (χ0) is 21.2. The van der Waals surface area contributed by atoms with Crippen LogP contribution in [0.2, 0.25) is 0 Å². The van der Waals surface area contributed by atoms with E-state index in [1.54, 1.807) is 7.05 Å². The number of rotatable bonds is 9. The number of anilines is 2. The van der Waals surface area contributed by atoms with Gasteiger partial charge in [0, 0.05) is 58.1 Å². The second-order valence-electron chi connectivity index (χ2n) is 7.63. The normalized spacial score (nSPS) is 14.1. The van der Waals surface area contributed by atoms with Crippen LogP contribution in [0.1, 0.15) is 31.2 Å². The third-order valence-electron chi connectivity index (χ3n) is 5.41. The van der Waals surface area contributed by atoms with Gasteiger partial charge in [0.05, 0.1) is 0 Å². The van der Waals surface area contributed by atoms with Gasteiger partial charge in [-0.3, -0.25) is 9.79 Å². The molecule has 160 valence electrons. The van der Waals surface area contributed by atoms with Gasteiger partial charge in [0.2, 0.25) is 5.91 Å². The molecule has 0 spiro atoms. The number of para-hydroxylation sites is 1. The Morgan fingerprint density at radius 1 is 1.07 bits per heavy atom. The molecule has 0 aromatic heterocycles. The van der Waals surface area contributed by atoms with Crippen LogP contribution < -0.4 is 20.4 Å². The summed E-state index contributed by atoms with van der Waals surface area (Å²) in [5, 5.41) is 6.74. The summed E-state index contributed by atoms with van der Waals surface area (Å²) in [6.45, 7) is 3.45. The van der Waals surface area contributed by atoms with Crippen molar-refractivity contribution in [1.29, 1.82) is 0 Å². The van der Waals surface area contributed by atoms with Crippen molar-refractivity contribution in [2.45, 2.75) is 32.2 Å². The van der Waals surface area contributed by atoms with Crippen LogP contribution in [0.3, 0.4) is 0 Å². The van der Waals surface area contributed by atoms with Crippen molar-refractivity contribution in [3.05, 3.63) is 60.2 Å². The van der Waals surface area contributed by atoms with Gasteiger partial charge in [0.1, 0.15) is 0 Å². The zero-order valence-electron chi connectivity index (χ0n) is 18.1. The van der Waals surface area contributed by atoms with E-state index in [2.05, 4.69) is 64.0 Å². The molecule has 2 N–H and O–H groups in total. The summed E-state index contributed by atoms with van der Waals surface area (Å²) in [5.74, 6) is 1.03. The van der Waals surface area contributed by atoms with Crippen molar-refractivity contribution in [2.24, 2.45) is 4.99 Å². The number of amides is 1. The van der Waals surface area contributed by atoms with Crippen LogP contribution in [0.25, 0.3) is 0 Å². The second kappa shape index (κ2) is 11.2. The first-order valence-electron chi connectivity index (χ1n) is 10.8. The number of nitrogens with one attached hydrogen (secondary N) is 2. The van der Waals surface area contributed by atoms with E-state index in [4.69, 9.17) is 0 Å². The number of hydrogen-bond acceptors (Lipinski definition) is 3. The molecule has 0 unspecified atom stereocenters. The number of carbonyl (C=O) groups excluding carboxylic acids is 1. The van der Waals surface area contributed by atoms with Crippen molar-refractivity contribution in [3.8, 4) is 0 Å². The lowest BCUT2D eigenvalue weighted by Crippen LogP contribution is -2.37. The molecule has 6 nitrogen and oxygen atoms in total. The fourth-order valence-corrected chi connectivity index (χ4v) is 3.61. The molecule has 1 aliphatic rings. The smallest absolute Gasteiger partial charge is 0.227 e. The summed E-state index contributed by atoms with van der Waals surface area (Å²) in [5.41, 5.74) is 3.41. The van der Waals surface area contributed by atoms with E-state index in [0.29, 0.717) is 13.0 Å². The van der Waals surface area contributed by atoms with Crippen molar-refractivity contribution >= 4 is 23.2 Å². The van der Waals surface area contributed by atoms with E-state index < -0.39 is 0 Å². The fourth-order valence-electron chi connectivity index (χ4n) is 3.61. The summed E-state index contributed by atoms with van der Waals surface area (Å²) in [6.07, 6.45) is 3.81. The Bertz CT molecular complexity index is 819. The fraction of sp³-hybridized carbons (Fsp3) is 0.417. The number of hydrogen-bond donors (Lipinski definition) is 2. The predicted molar refractivity (Wildman–Crippen MR) is 125 cm³/mol. The van der Waals surface area contributed by atoms with Gasteiger partial charge < -0.3 is 20.4 Å². The summed E-state index contributed by atoms with van der Waals surface area (Å²) >= 11 is 0. The number of benzene rings is 2. The molecule has 1 aliphatic heterocycles. The van der Waals surface area contributed by atoms with Gasteiger partial charge in [-0.25, -0.2) is 0 Å². The van der Waals surface area contributed by atoms with Crippen LogP contribution in [0.5, 0.6) is 0 Å². The molecule has 1 fully saturated rings. The number of carbonyl (C=O) groups is 1. The monoisotopic (exact) mass is 407 g/mol. The van der Waals surface area contributed by atoms with Crippen molar-refractivity contribution in [2.75, 3.05) is 43.5 Å². The maximum Gasteiger partial charge on any atom is 0.227 e. The summed E-state index contributed by atoms with van der Waals surface area (Å²) < 4.78 is 0. The molecule has 1 saturated heterocycles. The van der Waals surface area contributed by atoms with Crippen LogP contribution >= 0.6 is 0 Å². The Morgan fingerprint density at radius 2 is 1.83 bits per heavy atom. The quantitative estimate of drug-likeness (QED) is 0.380. The van der Waals surface area contributed by atoms with Gasteiger partial charge >= 0.3 is 0 Å². The molecule has 2 aromatic carbocycles. The van der Waals surface area contributed by atoms with Crippen molar-refractivity contribution in [1.82, 2.24) is 10.6 Å². The molecule has 0 saturated carbocycles. The van der Waals surface area contributed by atoms with E-state index >= 15 is 0 Å². The van der Waals surface area contributed by atoms with Gasteiger partial charge in [-0.05, 0) is 49.1 Å². The van der Waals surface area contributed by atoms with Crippen LogP contribution in [-0.4, -0.2) is 45.6 Å². The molecule has 6 heteroatoms. The highest BCUT2D eigenvalue weighted by molar-refractivity contribution is 5.95. The average molecular weight is 408 g/mol. The van der Waals surface area contributed by atoms with E-state index in [1.165, 1.54) is 5.69 Å². The number of guanidine groups is 1. The maximum atomic E-state index is 11.9. The first kappa shape index (κ1) is 21.7. The Balaban J connectivity index is 1.34. The highest BCUT2D eigenvalue weighted by Crippen LogP contribution is 2.21. The van der Waals surface area contributed by atoms with Crippen LogP contribution in [-0.2, 0) is 11.3 Å². The summed E-state index contributed by atoms with van der Waals surface area (Å²) in [4.78, 5) is 20.3. The van der Waals surface area contributed by atoms with Gasteiger partial charge in [0.15, 0.2) is 5.96 Å². The number of nitrogens with zero attached hydrogens (tertiary/aromatic N) is 3. The molecule has 2 aromatic rings. The van der Waals surface area contributed by atoms with Gasteiger partial charge in [-0.2, -0.15) is 0 Å². The number of unbranched alkanes of at least 4 members (excludes halogenated alkanes) is 1. The second-order valence-corrected chi connectivity index (χ2v) is 7.63. The lowest BCUT2D eigenvalue weighted by molar-refractivity contribution is -0.117. The zero-order valence-corrected chi connectivity index (χ0v) is 18.1. The van der Waals surface area contributed by atoms with Gasteiger partial charge in [-0.15, -0.1) is 0 Å². The van der Waals surface area contributed by atoms with Crippen LogP contribution in [0.4, 0.5) is 11.4 Å². The predicted octanol–water partition coefficient (Wildman–Crippen LogP) is 3.40. The lowest BCUT2D eigenvalue weighted by atomic mass is 10.2. The molecule has 1 amide bonds. The van der Waals surface area contributed by atoms with Crippen LogP contribution in [0, 0.1) is 0 Å². The molecule has 0 atom stereocenters. The number of aliphatic imine (C=N–C) groups is 1. The Kier molecular flexibility index (Phi) is 8.12. The minimum atomic E-state index is 0.223. The summed E-state index contributed by atoms with van der Waals surface area (Å²) in [6, 6.07) is 18.7. The van der Waals surface area contributed by atoms with Crippen molar-refractivity contribution in [3.63, 3.8) is 0 Å². The minimum Gasteiger partial charge on any atom is -0.375 e. The Hall–Kier alpha value is -3.02. The minimum absolute atomic E-state index is 0.223. The van der Waals surface area contributed by atoms with Gasteiger partial charge in [0.25, 0.3) is 0 Å². The largest absolute Gasteiger partial charge is 0.375 e. The molecule has 0 radical (unpaired) electrons. The van der Waals surface area contributed by atoms with E-state index in [1.807, 2.05) is 23.1 Å². The molecular formula is C24H33N5O. The third kappa shape index (κ3) is 6.24. The molecular weight excluding hydrogens is 374 g/mol. The Labute approximate surface area is 180 Å². The first-order valence-corrected chi connectivity index (χ1v) is 10.8. The van der Waals surface area contributed by atoms with Gasteiger partial charge in [-0.1, -0.05) is 30.3 Å². The molecule has 0 aliphatic carbocycles. The highest BCUT2D eigenvalue weighted by Gasteiger charge is 2.21. The highest BCUT2D eigenvalue weighted by atomic mass is 16.2. The maximum absolute atomic E-state index is 11.9. The lowest BCUT2D eigenvalue weighted by Gasteiger charge is -2.19. The van der Waals surface area contributed by atoms with E-state index in [0.717, 1.165) is 56.1 Å². The molecule has 3 rings (SSSR count).